The van der Waals surface area contributed by atoms with Crippen molar-refractivity contribution < 1.29 is 18.5 Å². The Morgan fingerprint density at radius 2 is 1.59 bits per heavy atom. The smallest absolute Gasteiger partial charge is 0.277 e. The number of rotatable bonds is 6. The van der Waals surface area contributed by atoms with Crippen LogP contribution < -0.4 is 10.7 Å². The Labute approximate surface area is 195 Å². The van der Waals surface area contributed by atoms with Crippen LogP contribution in [0.3, 0.4) is 0 Å². The molecule has 1 heterocycles. The molecule has 170 valence electrons. The third-order valence-electron chi connectivity index (χ3n) is 5.14. The van der Waals surface area contributed by atoms with E-state index in [-0.39, 0.29) is 5.56 Å². The van der Waals surface area contributed by atoms with E-state index in [1.54, 1.807) is 44.2 Å². The van der Waals surface area contributed by atoms with Crippen molar-refractivity contribution in [1.29, 1.82) is 0 Å². The summed E-state index contributed by atoms with van der Waals surface area (Å²) in [5.41, 5.74) is 5.81. The normalized spacial score (nSPS) is 11.2. The summed E-state index contributed by atoms with van der Waals surface area (Å²) in [7, 11) is 0. The number of aryl methyl sites for hydroxylation is 1. The molecule has 4 rings (SSSR count). The van der Waals surface area contributed by atoms with Crippen LogP contribution in [0.2, 0.25) is 0 Å². The van der Waals surface area contributed by atoms with Gasteiger partial charge in [-0.05, 0) is 43.7 Å². The van der Waals surface area contributed by atoms with E-state index in [1.807, 2.05) is 30.3 Å². The van der Waals surface area contributed by atoms with Gasteiger partial charge in [-0.3, -0.25) is 9.59 Å². The monoisotopic (exact) mass is 456 g/mol. The lowest BCUT2D eigenvalue weighted by atomic mass is 10.1. The van der Waals surface area contributed by atoms with Gasteiger partial charge in [-0.25, -0.2) is 9.82 Å². The van der Waals surface area contributed by atoms with Crippen molar-refractivity contribution in [1.82, 2.24) is 10.6 Å². The van der Waals surface area contributed by atoms with Crippen LogP contribution in [0.5, 0.6) is 0 Å². The highest BCUT2D eigenvalue weighted by Gasteiger charge is 2.21. The van der Waals surface area contributed by atoms with Crippen LogP contribution in [0.15, 0.2) is 88.5 Å². The molecule has 3 aromatic carbocycles. The molecule has 0 saturated carbocycles. The number of anilines is 1. The summed E-state index contributed by atoms with van der Waals surface area (Å²) in [5, 5.41) is 10.9. The summed E-state index contributed by atoms with van der Waals surface area (Å²) in [5.74, 6) is -1.18. The maximum Gasteiger partial charge on any atom is 0.277 e. The van der Waals surface area contributed by atoms with Crippen molar-refractivity contribution in [2.24, 2.45) is 5.10 Å². The number of amides is 2. The van der Waals surface area contributed by atoms with Gasteiger partial charge in [0, 0.05) is 11.3 Å². The molecule has 0 aliphatic carbocycles. The number of carbonyl (C=O) groups excluding carboxylic acids is 2. The van der Waals surface area contributed by atoms with Gasteiger partial charge in [0.1, 0.15) is 22.8 Å². The molecule has 4 aromatic rings. The van der Waals surface area contributed by atoms with E-state index in [4.69, 9.17) is 4.52 Å². The first kappa shape index (κ1) is 22.6. The highest BCUT2D eigenvalue weighted by Crippen LogP contribution is 2.25. The minimum atomic E-state index is -0.589. The van der Waals surface area contributed by atoms with Gasteiger partial charge in [-0.15, -0.1) is 0 Å². The fraction of sp³-hybridized carbons (Fsp3) is 0.0769. The summed E-state index contributed by atoms with van der Waals surface area (Å²) in [6.07, 6.45) is 0. The molecule has 0 spiro atoms. The van der Waals surface area contributed by atoms with Crippen LogP contribution in [0.1, 0.15) is 39.0 Å². The van der Waals surface area contributed by atoms with E-state index < -0.39 is 17.6 Å². The average Bonchev–Trinajstić information content (AvgIpc) is 3.25. The first-order valence-electron chi connectivity index (χ1n) is 10.5. The number of carbonyl (C=O) groups is 2. The van der Waals surface area contributed by atoms with Crippen LogP contribution in [0.25, 0.3) is 11.3 Å². The van der Waals surface area contributed by atoms with E-state index in [0.717, 1.165) is 11.1 Å². The standard InChI is InChI=1S/C26H21FN4O3/c1-16(18-12-14-20(15-13-18)28-25(32)21-10-6-7-11-22(21)27)29-30-26(33)23-17(2)34-31-24(23)19-8-4-3-5-9-19/h3-15H,1-2H3,(H,28,32)(H,30,33)/b29-16+. The van der Waals surface area contributed by atoms with Crippen LogP contribution in [0, 0.1) is 12.7 Å². The topological polar surface area (TPSA) is 96.6 Å². The van der Waals surface area contributed by atoms with Gasteiger partial charge >= 0.3 is 0 Å². The molecule has 8 heteroatoms. The van der Waals surface area contributed by atoms with E-state index >= 15 is 0 Å². The van der Waals surface area contributed by atoms with Crippen molar-refractivity contribution in [2.45, 2.75) is 13.8 Å². The molecule has 2 N–H and O–H groups in total. The summed E-state index contributed by atoms with van der Waals surface area (Å²) < 4.78 is 19.0. The molecule has 0 unspecified atom stereocenters. The zero-order valence-electron chi connectivity index (χ0n) is 18.5. The highest BCUT2D eigenvalue weighted by molar-refractivity contribution is 6.05. The molecule has 0 aliphatic rings. The molecule has 0 aliphatic heterocycles. The van der Waals surface area contributed by atoms with Crippen molar-refractivity contribution in [3.63, 3.8) is 0 Å². The minimum Gasteiger partial charge on any atom is -0.360 e. The molecule has 0 atom stereocenters. The van der Waals surface area contributed by atoms with Crippen molar-refractivity contribution >= 4 is 23.2 Å². The quantitative estimate of drug-likeness (QED) is 0.308. The van der Waals surface area contributed by atoms with Crippen LogP contribution in [0.4, 0.5) is 10.1 Å². The molecule has 0 saturated heterocycles. The van der Waals surface area contributed by atoms with Gasteiger partial charge in [0.05, 0.1) is 11.3 Å². The second kappa shape index (κ2) is 9.91. The zero-order valence-corrected chi connectivity index (χ0v) is 18.5. The summed E-state index contributed by atoms with van der Waals surface area (Å²) in [6.45, 7) is 3.41. The summed E-state index contributed by atoms with van der Waals surface area (Å²) in [4.78, 5) is 25.1. The van der Waals surface area contributed by atoms with Gasteiger partial charge in [-0.1, -0.05) is 59.8 Å². The molecule has 0 bridgehead atoms. The maximum absolute atomic E-state index is 13.8. The number of hydrazone groups is 1. The Hall–Kier alpha value is -4.59. The largest absolute Gasteiger partial charge is 0.360 e. The second-order valence-corrected chi connectivity index (χ2v) is 7.48. The van der Waals surface area contributed by atoms with Crippen LogP contribution in [-0.2, 0) is 0 Å². The summed E-state index contributed by atoms with van der Waals surface area (Å²) in [6, 6.07) is 21.9. The van der Waals surface area contributed by atoms with Gasteiger partial charge in [0.2, 0.25) is 0 Å². The zero-order chi connectivity index (χ0) is 24.1. The average molecular weight is 456 g/mol. The maximum atomic E-state index is 13.8. The van der Waals surface area contributed by atoms with Crippen molar-refractivity contribution in [3.05, 3.63) is 107 Å². The van der Waals surface area contributed by atoms with E-state index in [1.165, 1.54) is 18.2 Å². The number of hydrogen-bond donors (Lipinski definition) is 2. The first-order valence-corrected chi connectivity index (χ1v) is 10.5. The number of benzene rings is 3. The Balaban J connectivity index is 1.44. The second-order valence-electron chi connectivity index (χ2n) is 7.48. The van der Waals surface area contributed by atoms with Gasteiger partial charge in [-0.2, -0.15) is 5.10 Å². The van der Waals surface area contributed by atoms with Gasteiger partial charge in [0.15, 0.2) is 0 Å². The number of halogens is 1. The summed E-state index contributed by atoms with van der Waals surface area (Å²) >= 11 is 0. The number of nitrogens with zero attached hydrogens (tertiary/aromatic N) is 2. The third kappa shape index (κ3) is 4.91. The lowest BCUT2D eigenvalue weighted by molar-refractivity contribution is 0.0953. The fourth-order valence-electron chi connectivity index (χ4n) is 3.33. The third-order valence-corrected chi connectivity index (χ3v) is 5.14. The minimum absolute atomic E-state index is 0.0362. The highest BCUT2D eigenvalue weighted by atomic mass is 19.1. The Bertz CT molecular complexity index is 1360. The molecule has 34 heavy (non-hydrogen) atoms. The van der Waals surface area contributed by atoms with E-state index in [2.05, 4.69) is 21.0 Å². The van der Waals surface area contributed by atoms with Crippen LogP contribution in [-0.4, -0.2) is 22.7 Å². The molecule has 7 nitrogen and oxygen atoms in total. The Morgan fingerprint density at radius 3 is 2.29 bits per heavy atom. The van der Waals surface area contributed by atoms with Crippen molar-refractivity contribution in [2.75, 3.05) is 5.32 Å². The lowest BCUT2D eigenvalue weighted by Gasteiger charge is -2.08. The van der Waals surface area contributed by atoms with E-state index in [9.17, 15) is 14.0 Å². The molecule has 1 aromatic heterocycles. The van der Waals surface area contributed by atoms with Crippen LogP contribution >= 0.6 is 0 Å². The first-order chi connectivity index (χ1) is 16.4. The molecular formula is C26H21FN4O3. The number of hydrogen-bond acceptors (Lipinski definition) is 5. The van der Waals surface area contributed by atoms with Crippen molar-refractivity contribution in [3.8, 4) is 11.3 Å². The SMILES string of the molecule is C/C(=N\NC(=O)c1c(-c2ccccc2)noc1C)c1ccc(NC(=O)c2ccccc2F)cc1. The van der Waals surface area contributed by atoms with Gasteiger partial charge < -0.3 is 9.84 Å². The van der Waals surface area contributed by atoms with Gasteiger partial charge in [0.25, 0.3) is 11.8 Å². The molecular weight excluding hydrogens is 435 g/mol. The fourth-order valence-corrected chi connectivity index (χ4v) is 3.33. The number of aromatic nitrogens is 1. The Kier molecular flexibility index (Phi) is 6.59. The lowest BCUT2D eigenvalue weighted by Crippen LogP contribution is -2.20. The molecule has 2 amide bonds. The predicted octanol–water partition coefficient (Wildman–Crippen LogP) is 5.20. The predicted molar refractivity (Wildman–Crippen MR) is 127 cm³/mol. The van der Waals surface area contributed by atoms with E-state index in [0.29, 0.717) is 28.4 Å². The molecule has 0 fully saturated rings. The number of nitrogens with one attached hydrogen (secondary N) is 2. The molecule has 0 radical (unpaired) electrons. The Morgan fingerprint density at radius 1 is 0.912 bits per heavy atom.